The predicted molar refractivity (Wildman–Crippen MR) is 128 cm³/mol. The number of carbonyl (C=O) groups excluding carboxylic acids is 2. The van der Waals surface area contributed by atoms with Crippen molar-refractivity contribution < 1.29 is 24.2 Å². The van der Waals surface area contributed by atoms with E-state index in [1.54, 1.807) is 35.8 Å². The van der Waals surface area contributed by atoms with Gasteiger partial charge in [-0.2, -0.15) is 0 Å². The number of aromatic hydroxyl groups is 1. The number of cyclic esters (lactones) is 1. The minimum Gasteiger partial charge on any atom is -0.508 e. The van der Waals surface area contributed by atoms with E-state index < -0.39 is 17.5 Å². The molecule has 3 aromatic rings. The fourth-order valence-corrected chi connectivity index (χ4v) is 5.20. The van der Waals surface area contributed by atoms with Crippen molar-refractivity contribution in [2.75, 3.05) is 6.54 Å². The monoisotopic (exact) mass is 477 g/mol. The Balaban J connectivity index is 1.73. The average Bonchev–Trinajstić information content (AvgIpc) is 3.21. The highest BCUT2D eigenvalue weighted by atomic mass is 16.6. The van der Waals surface area contributed by atoms with Gasteiger partial charge in [0, 0.05) is 22.9 Å². The van der Waals surface area contributed by atoms with Crippen molar-refractivity contribution in [1.82, 2.24) is 9.55 Å². The quantitative estimate of drug-likeness (QED) is 0.405. The normalized spacial score (nSPS) is 18.1. The minimum absolute atomic E-state index is 0.0634. The molecule has 182 valence electrons. The van der Waals surface area contributed by atoms with Crippen molar-refractivity contribution in [3.8, 4) is 17.1 Å². The molecule has 0 spiro atoms. The van der Waals surface area contributed by atoms with Crippen LogP contribution < -0.4 is 11.3 Å². The first-order valence-corrected chi connectivity index (χ1v) is 11.9. The zero-order valence-electron chi connectivity index (χ0n) is 19.7. The molecule has 2 aromatic heterocycles. The van der Waals surface area contributed by atoms with Crippen LogP contribution in [-0.4, -0.2) is 33.1 Å². The van der Waals surface area contributed by atoms with Crippen LogP contribution in [0.15, 0.2) is 29.1 Å². The molecule has 1 aromatic carbocycles. The van der Waals surface area contributed by atoms with Crippen LogP contribution in [0.3, 0.4) is 0 Å². The maximum Gasteiger partial charge on any atom is 0.355 e. The third-order valence-electron chi connectivity index (χ3n) is 6.98. The van der Waals surface area contributed by atoms with Gasteiger partial charge in [-0.05, 0) is 55.6 Å². The highest BCUT2D eigenvalue weighted by Gasteiger charge is 2.50. The standard InChI is InChI=1S/C26H27N3O6/c1-3-15-16-10-14(30)7-8-20(16)28-23-17(15)12-29-21(23)11-19-18(24(29)32)13-34-25(33)26(19,4-2)35-22(31)6-5-9-27/h7-8,10-11,30H,3-6,9,12-13,27H2,1-2H3/t26-/m0/s1. The first-order chi connectivity index (χ1) is 16.8. The van der Waals surface area contributed by atoms with Crippen molar-refractivity contribution in [2.45, 2.75) is 58.3 Å². The van der Waals surface area contributed by atoms with E-state index in [9.17, 15) is 19.5 Å². The third-order valence-corrected chi connectivity index (χ3v) is 6.98. The first kappa shape index (κ1) is 23.0. The molecule has 2 aliphatic rings. The van der Waals surface area contributed by atoms with Crippen LogP contribution in [0.1, 0.15) is 55.4 Å². The molecular formula is C26H27N3O6. The van der Waals surface area contributed by atoms with Gasteiger partial charge in [0.2, 0.25) is 5.60 Å². The minimum atomic E-state index is -1.70. The number of nitrogens with zero attached hydrogens (tertiary/aromatic N) is 2. The van der Waals surface area contributed by atoms with Crippen LogP contribution >= 0.6 is 0 Å². The predicted octanol–water partition coefficient (Wildman–Crippen LogP) is 2.64. The summed E-state index contributed by atoms with van der Waals surface area (Å²) >= 11 is 0. The summed E-state index contributed by atoms with van der Waals surface area (Å²) in [6, 6.07) is 6.76. The van der Waals surface area contributed by atoms with Gasteiger partial charge in [-0.15, -0.1) is 0 Å². The number of hydrogen-bond donors (Lipinski definition) is 2. The Bertz CT molecular complexity index is 1440. The smallest absolute Gasteiger partial charge is 0.355 e. The van der Waals surface area contributed by atoms with Gasteiger partial charge >= 0.3 is 11.9 Å². The molecule has 0 fully saturated rings. The van der Waals surface area contributed by atoms with Crippen molar-refractivity contribution in [3.05, 3.63) is 56.9 Å². The lowest BCUT2D eigenvalue weighted by Crippen LogP contribution is -2.47. The number of phenols is 1. The summed E-state index contributed by atoms with van der Waals surface area (Å²) in [7, 11) is 0. The number of rotatable bonds is 6. The molecule has 9 nitrogen and oxygen atoms in total. The second kappa shape index (κ2) is 8.49. The van der Waals surface area contributed by atoms with Gasteiger partial charge in [0.25, 0.3) is 5.56 Å². The molecule has 3 N–H and O–H groups in total. The molecule has 0 radical (unpaired) electrons. The van der Waals surface area contributed by atoms with Crippen LogP contribution in [0.4, 0.5) is 0 Å². The van der Waals surface area contributed by atoms with Crippen molar-refractivity contribution >= 4 is 22.8 Å². The van der Waals surface area contributed by atoms with Gasteiger partial charge in [0.05, 0.1) is 29.0 Å². The Hall–Kier alpha value is -3.72. The molecule has 35 heavy (non-hydrogen) atoms. The van der Waals surface area contributed by atoms with Gasteiger partial charge in [-0.25, -0.2) is 9.78 Å². The summed E-state index contributed by atoms with van der Waals surface area (Å²) in [6.07, 6.45) is 1.29. The number of nitrogens with two attached hydrogens (primary N) is 1. The topological polar surface area (TPSA) is 134 Å². The number of fused-ring (bicyclic) bond motifs is 5. The second-order valence-electron chi connectivity index (χ2n) is 8.91. The Morgan fingerprint density at radius 3 is 2.77 bits per heavy atom. The van der Waals surface area contributed by atoms with Gasteiger partial charge < -0.3 is 24.9 Å². The first-order valence-electron chi connectivity index (χ1n) is 11.9. The average molecular weight is 478 g/mol. The van der Waals surface area contributed by atoms with E-state index in [0.29, 0.717) is 54.0 Å². The van der Waals surface area contributed by atoms with E-state index in [4.69, 9.17) is 20.2 Å². The lowest BCUT2D eigenvalue weighted by atomic mass is 9.85. The van der Waals surface area contributed by atoms with Gasteiger partial charge in [-0.1, -0.05) is 13.8 Å². The second-order valence-corrected chi connectivity index (χ2v) is 8.91. The van der Waals surface area contributed by atoms with Gasteiger partial charge in [-0.3, -0.25) is 9.59 Å². The van der Waals surface area contributed by atoms with Crippen molar-refractivity contribution in [1.29, 1.82) is 0 Å². The zero-order chi connectivity index (χ0) is 24.9. The maximum absolute atomic E-state index is 13.6. The lowest BCUT2D eigenvalue weighted by Gasteiger charge is -2.35. The van der Waals surface area contributed by atoms with E-state index in [1.807, 2.05) is 6.92 Å². The Kier molecular flexibility index (Phi) is 5.59. The molecule has 0 saturated heterocycles. The Morgan fingerprint density at radius 2 is 2.06 bits per heavy atom. The summed E-state index contributed by atoms with van der Waals surface area (Å²) in [4.78, 5) is 44.0. The highest BCUT2D eigenvalue weighted by molar-refractivity contribution is 5.90. The number of hydrogen-bond acceptors (Lipinski definition) is 8. The summed E-state index contributed by atoms with van der Waals surface area (Å²) in [5, 5.41) is 10.9. The molecule has 5 rings (SSSR count). The van der Waals surface area contributed by atoms with Crippen LogP contribution in [0.25, 0.3) is 22.3 Å². The number of phenolic OH excluding ortho intramolecular Hbond substituents is 1. The van der Waals surface area contributed by atoms with Crippen LogP contribution in [0.5, 0.6) is 5.75 Å². The molecule has 4 heterocycles. The van der Waals surface area contributed by atoms with Crippen LogP contribution in [0, 0.1) is 0 Å². The Morgan fingerprint density at radius 1 is 1.26 bits per heavy atom. The number of benzene rings is 1. The fourth-order valence-electron chi connectivity index (χ4n) is 5.20. The molecule has 0 amide bonds. The van der Waals surface area contributed by atoms with Crippen LogP contribution in [-0.2, 0) is 44.2 Å². The van der Waals surface area contributed by atoms with E-state index in [2.05, 4.69) is 0 Å². The number of esters is 2. The SMILES string of the molecule is CCc1c2c(nc3ccc(O)cc13)-c1cc3c(c(=O)n1C2)COC(=O)[C@@]3(CC)OC(=O)CCCN. The zero-order valence-corrected chi connectivity index (χ0v) is 19.7. The van der Waals surface area contributed by atoms with Crippen molar-refractivity contribution in [3.63, 3.8) is 0 Å². The van der Waals surface area contributed by atoms with E-state index in [-0.39, 0.29) is 30.8 Å². The number of ether oxygens (including phenoxy) is 2. The molecule has 0 saturated carbocycles. The lowest BCUT2D eigenvalue weighted by molar-refractivity contribution is -0.189. The van der Waals surface area contributed by atoms with Gasteiger partial charge in [0.15, 0.2) is 0 Å². The van der Waals surface area contributed by atoms with Crippen molar-refractivity contribution in [2.24, 2.45) is 5.73 Å². The summed E-state index contributed by atoms with van der Waals surface area (Å²) in [5.74, 6) is -1.11. The molecular weight excluding hydrogens is 450 g/mol. The fraction of sp³-hybridized carbons (Fsp3) is 0.385. The maximum atomic E-state index is 13.6. The third kappa shape index (κ3) is 3.41. The molecule has 0 bridgehead atoms. The molecule has 0 unspecified atom stereocenters. The van der Waals surface area contributed by atoms with E-state index in [1.165, 1.54) is 0 Å². The molecule has 0 aliphatic carbocycles. The number of carbonyl (C=O) groups is 2. The highest BCUT2D eigenvalue weighted by Crippen LogP contribution is 2.42. The summed E-state index contributed by atoms with van der Waals surface area (Å²) < 4.78 is 12.7. The van der Waals surface area contributed by atoms with E-state index >= 15 is 0 Å². The number of aromatic nitrogens is 2. The number of pyridine rings is 2. The largest absolute Gasteiger partial charge is 0.508 e. The van der Waals surface area contributed by atoms with E-state index in [0.717, 1.165) is 16.5 Å². The summed E-state index contributed by atoms with van der Waals surface area (Å²) in [5.41, 5.74) is 7.99. The summed E-state index contributed by atoms with van der Waals surface area (Å²) in [6.45, 7) is 4.19. The van der Waals surface area contributed by atoms with Gasteiger partial charge in [0.1, 0.15) is 12.4 Å². The molecule has 1 atom stereocenters. The Labute approximate surface area is 201 Å². The number of aryl methyl sites for hydroxylation is 1. The molecule has 9 heteroatoms. The van der Waals surface area contributed by atoms with Crippen LogP contribution in [0.2, 0.25) is 0 Å². The molecule has 2 aliphatic heterocycles.